The molecule has 2 aromatic carbocycles. The predicted molar refractivity (Wildman–Crippen MR) is 131 cm³/mol. The van der Waals surface area contributed by atoms with E-state index in [0.29, 0.717) is 10.7 Å². The molecule has 35 heavy (non-hydrogen) atoms. The van der Waals surface area contributed by atoms with Gasteiger partial charge in [-0.15, -0.1) is 0 Å². The minimum Gasteiger partial charge on any atom is -0.352 e. The quantitative estimate of drug-likeness (QED) is 0.604. The molecule has 8 nitrogen and oxygen atoms in total. The highest BCUT2D eigenvalue weighted by Gasteiger charge is 2.43. The number of carbonyl (C=O) groups is 3. The first-order chi connectivity index (χ1) is 16.8. The topological polar surface area (TPSA) is 104 Å². The lowest BCUT2D eigenvalue weighted by Gasteiger charge is -2.32. The molecule has 1 aliphatic carbocycles. The maximum Gasteiger partial charge on any atom is 0.269 e. The van der Waals surface area contributed by atoms with Crippen LogP contribution in [0.1, 0.15) is 54.9 Å². The highest BCUT2D eigenvalue weighted by Crippen LogP contribution is 2.30. The van der Waals surface area contributed by atoms with Gasteiger partial charge in [-0.1, -0.05) is 61.7 Å². The molecule has 0 radical (unpaired) electrons. The minimum atomic E-state index is -4.12. The van der Waals surface area contributed by atoms with Crippen molar-refractivity contribution in [1.29, 1.82) is 0 Å². The summed E-state index contributed by atoms with van der Waals surface area (Å²) in [4.78, 5) is 40.6. The Bertz CT molecular complexity index is 1190. The Morgan fingerprint density at radius 2 is 1.69 bits per heavy atom. The summed E-state index contributed by atoms with van der Waals surface area (Å²) in [5.41, 5.74) is 1.04. The van der Waals surface area contributed by atoms with E-state index in [4.69, 9.17) is 0 Å². The third kappa shape index (κ3) is 5.40. The number of sulfonamides is 1. The van der Waals surface area contributed by atoms with Gasteiger partial charge in [0.1, 0.15) is 17.5 Å². The van der Waals surface area contributed by atoms with Crippen molar-refractivity contribution in [3.63, 3.8) is 0 Å². The summed E-state index contributed by atoms with van der Waals surface area (Å²) in [6.07, 6.45) is 5.60. The summed E-state index contributed by atoms with van der Waals surface area (Å²) in [6.45, 7) is 1.22. The van der Waals surface area contributed by atoms with Crippen LogP contribution in [-0.2, 0) is 26.0 Å². The number of nitrogens with one attached hydrogen (secondary N) is 1. The number of carbonyl (C=O) groups excluding carboxylic acids is 3. The van der Waals surface area contributed by atoms with Gasteiger partial charge in [0.15, 0.2) is 0 Å². The van der Waals surface area contributed by atoms with Gasteiger partial charge in [0, 0.05) is 12.6 Å². The Kier molecular flexibility index (Phi) is 7.54. The number of hydrogen-bond donors (Lipinski definition) is 1. The van der Waals surface area contributed by atoms with Crippen molar-refractivity contribution < 1.29 is 22.8 Å². The number of benzene rings is 2. The van der Waals surface area contributed by atoms with Crippen molar-refractivity contribution in [2.24, 2.45) is 0 Å². The lowest BCUT2D eigenvalue weighted by molar-refractivity contribution is -0.140. The van der Waals surface area contributed by atoms with Crippen LogP contribution in [0.25, 0.3) is 0 Å². The second-order valence-electron chi connectivity index (χ2n) is 9.16. The number of amides is 3. The van der Waals surface area contributed by atoms with Crippen LogP contribution in [0.3, 0.4) is 0 Å². The molecule has 3 amide bonds. The fourth-order valence-corrected chi connectivity index (χ4v) is 6.26. The summed E-state index contributed by atoms with van der Waals surface area (Å²) >= 11 is 0. The molecule has 186 valence electrons. The van der Waals surface area contributed by atoms with E-state index in [2.05, 4.69) is 5.32 Å². The van der Waals surface area contributed by atoms with E-state index in [9.17, 15) is 22.8 Å². The molecule has 2 aromatic rings. The molecule has 4 rings (SSSR count). The van der Waals surface area contributed by atoms with Crippen LogP contribution in [0, 0.1) is 0 Å². The first kappa shape index (κ1) is 24.9. The Hall–Kier alpha value is -3.20. The van der Waals surface area contributed by atoms with E-state index in [-0.39, 0.29) is 29.0 Å². The first-order valence-corrected chi connectivity index (χ1v) is 13.5. The molecule has 1 heterocycles. The second-order valence-corrected chi connectivity index (χ2v) is 11.0. The maximum absolute atomic E-state index is 13.4. The average molecular weight is 498 g/mol. The number of nitrogens with zero attached hydrogens (tertiary/aromatic N) is 2. The van der Waals surface area contributed by atoms with Crippen LogP contribution >= 0.6 is 0 Å². The van der Waals surface area contributed by atoms with Crippen molar-refractivity contribution in [1.82, 2.24) is 14.5 Å². The fraction of sp³-hybridized carbons (Fsp3) is 0.423. The Morgan fingerprint density at radius 1 is 1.03 bits per heavy atom. The lowest BCUT2D eigenvalue weighted by Crippen LogP contribution is -2.53. The molecule has 2 aliphatic rings. The van der Waals surface area contributed by atoms with Crippen LogP contribution in [-0.4, -0.2) is 60.5 Å². The summed E-state index contributed by atoms with van der Waals surface area (Å²) in [6, 6.07) is 14.7. The highest BCUT2D eigenvalue weighted by atomic mass is 32.2. The van der Waals surface area contributed by atoms with Crippen LogP contribution in [0.2, 0.25) is 0 Å². The maximum atomic E-state index is 13.4. The van der Waals surface area contributed by atoms with Gasteiger partial charge in [-0.3, -0.25) is 14.4 Å². The molecular formula is C26H31N3O5S. The zero-order chi connectivity index (χ0) is 25.0. The molecule has 0 spiro atoms. The third-order valence-electron chi connectivity index (χ3n) is 6.79. The van der Waals surface area contributed by atoms with E-state index < -0.39 is 34.4 Å². The zero-order valence-corrected chi connectivity index (χ0v) is 20.7. The molecule has 0 bridgehead atoms. The molecule has 1 N–H and O–H groups in total. The second kappa shape index (κ2) is 10.6. The Balaban J connectivity index is 1.52. The molecular weight excluding hydrogens is 466 g/mol. The predicted octanol–water partition coefficient (Wildman–Crippen LogP) is 2.74. The smallest absolute Gasteiger partial charge is 0.269 e. The molecule has 0 aromatic heterocycles. The summed E-state index contributed by atoms with van der Waals surface area (Å²) in [5.74, 6) is -1.58. The van der Waals surface area contributed by atoms with Gasteiger partial charge in [-0.25, -0.2) is 12.7 Å². The van der Waals surface area contributed by atoms with Gasteiger partial charge >= 0.3 is 0 Å². The Labute approximate surface area is 206 Å². The highest BCUT2D eigenvalue weighted by molar-refractivity contribution is 7.90. The van der Waals surface area contributed by atoms with Crippen molar-refractivity contribution in [2.45, 2.75) is 62.4 Å². The monoisotopic (exact) mass is 497 g/mol. The average Bonchev–Trinajstić information content (AvgIpc) is 3.06. The molecule has 1 aliphatic heterocycles. The van der Waals surface area contributed by atoms with Crippen molar-refractivity contribution >= 4 is 27.7 Å². The van der Waals surface area contributed by atoms with E-state index >= 15 is 0 Å². The largest absolute Gasteiger partial charge is 0.352 e. The minimum absolute atomic E-state index is 0.0548. The van der Waals surface area contributed by atoms with Gasteiger partial charge in [-0.2, -0.15) is 0 Å². The lowest BCUT2D eigenvalue weighted by atomic mass is 9.95. The standard InChI is InChI=1S/C26H31N3O5S/c1-19(25(31)27-21-12-6-3-7-13-21)28(17-16-20-10-4-2-5-11-20)24(30)18-29-26(32)22-14-8-9-15-23(22)35(29,33)34/h2,4-5,8-11,14-15,19,21H,3,6-7,12-13,16-18H2,1H3,(H,27,31). The van der Waals surface area contributed by atoms with E-state index in [1.807, 2.05) is 30.3 Å². The summed E-state index contributed by atoms with van der Waals surface area (Å²) in [7, 11) is -4.12. The van der Waals surface area contributed by atoms with Crippen molar-refractivity contribution in [3.8, 4) is 0 Å². The molecule has 1 saturated carbocycles. The van der Waals surface area contributed by atoms with Gasteiger partial charge in [0.2, 0.25) is 11.8 Å². The molecule has 9 heteroatoms. The van der Waals surface area contributed by atoms with Crippen molar-refractivity contribution in [2.75, 3.05) is 13.1 Å². The summed E-state index contributed by atoms with van der Waals surface area (Å²) < 4.78 is 26.5. The van der Waals surface area contributed by atoms with Gasteiger partial charge < -0.3 is 10.2 Å². The third-order valence-corrected chi connectivity index (χ3v) is 8.58. The van der Waals surface area contributed by atoms with Crippen molar-refractivity contribution in [3.05, 3.63) is 65.7 Å². The van der Waals surface area contributed by atoms with Crippen LogP contribution in [0.15, 0.2) is 59.5 Å². The molecule has 0 saturated heterocycles. The van der Waals surface area contributed by atoms with Crippen LogP contribution in [0.4, 0.5) is 0 Å². The van der Waals surface area contributed by atoms with Gasteiger partial charge in [-0.05, 0) is 43.9 Å². The number of fused-ring (bicyclic) bond motifs is 1. The van der Waals surface area contributed by atoms with Crippen LogP contribution in [0.5, 0.6) is 0 Å². The SMILES string of the molecule is CC(C(=O)NC1CCCCC1)N(CCc1ccccc1)C(=O)CN1C(=O)c2ccccc2S1(=O)=O. The van der Waals surface area contributed by atoms with E-state index in [1.165, 1.54) is 17.0 Å². The molecule has 1 fully saturated rings. The molecule has 1 unspecified atom stereocenters. The normalized spacial score (nSPS) is 18.1. The fourth-order valence-electron chi connectivity index (χ4n) is 4.74. The van der Waals surface area contributed by atoms with E-state index in [0.717, 1.165) is 37.7 Å². The van der Waals surface area contributed by atoms with Gasteiger partial charge in [0.05, 0.1) is 5.56 Å². The van der Waals surface area contributed by atoms with Crippen LogP contribution < -0.4 is 5.32 Å². The Morgan fingerprint density at radius 3 is 2.37 bits per heavy atom. The zero-order valence-electron chi connectivity index (χ0n) is 19.9. The van der Waals surface area contributed by atoms with E-state index in [1.54, 1.807) is 19.1 Å². The number of hydrogen-bond acceptors (Lipinski definition) is 5. The first-order valence-electron chi connectivity index (χ1n) is 12.1. The summed E-state index contributed by atoms with van der Waals surface area (Å²) in [5, 5.41) is 3.05. The molecule has 1 atom stereocenters. The van der Waals surface area contributed by atoms with Gasteiger partial charge in [0.25, 0.3) is 15.9 Å². The number of rotatable bonds is 8.